The van der Waals surface area contributed by atoms with Gasteiger partial charge in [0.25, 0.3) is 0 Å². The number of benzene rings is 1. The van der Waals surface area contributed by atoms with Crippen LogP contribution < -0.4 is 5.32 Å². The largest absolute Gasteiger partial charge is 0.368 e. The molecule has 1 heterocycles. The van der Waals surface area contributed by atoms with E-state index in [2.05, 4.69) is 5.32 Å². The predicted octanol–water partition coefficient (Wildman–Crippen LogP) is 4.09. The fraction of sp³-hybridized carbons (Fsp3) is 0.625. The van der Waals surface area contributed by atoms with E-state index < -0.39 is 0 Å². The Morgan fingerprint density at radius 1 is 1.25 bits per heavy atom. The average molecular weight is 298 g/mol. The zero-order valence-electron chi connectivity index (χ0n) is 11.6. The van der Waals surface area contributed by atoms with Crippen molar-refractivity contribution in [1.82, 2.24) is 5.32 Å². The summed E-state index contributed by atoms with van der Waals surface area (Å²) in [4.78, 5) is 0. The summed E-state index contributed by atoms with van der Waals surface area (Å²) in [7, 11) is 0. The first-order valence-corrected chi connectivity index (χ1v) is 7.91. The number of rotatable bonds is 3. The van der Waals surface area contributed by atoms with Crippen LogP contribution in [0.5, 0.6) is 0 Å². The molecule has 0 radical (unpaired) electrons. The quantitative estimate of drug-likeness (QED) is 0.907. The molecule has 4 heteroatoms. The predicted molar refractivity (Wildman–Crippen MR) is 78.5 cm³/mol. The normalized spacial score (nSPS) is 27.9. The van der Waals surface area contributed by atoms with Crippen molar-refractivity contribution in [3.63, 3.8) is 0 Å². The molecule has 0 bridgehead atoms. The van der Waals surface area contributed by atoms with E-state index in [1.54, 1.807) is 12.1 Å². The highest BCUT2D eigenvalue weighted by Crippen LogP contribution is 2.32. The zero-order chi connectivity index (χ0) is 13.9. The van der Waals surface area contributed by atoms with Gasteiger partial charge in [0.1, 0.15) is 5.82 Å². The maximum Gasteiger partial charge on any atom is 0.141 e. The molecular formula is C16H21ClFNO. The molecule has 2 aliphatic rings. The van der Waals surface area contributed by atoms with Gasteiger partial charge in [0.15, 0.2) is 0 Å². The fourth-order valence-electron chi connectivity index (χ4n) is 3.37. The van der Waals surface area contributed by atoms with Crippen molar-refractivity contribution >= 4 is 11.6 Å². The van der Waals surface area contributed by atoms with Crippen LogP contribution in [0.3, 0.4) is 0 Å². The first kappa shape index (κ1) is 14.3. The standard InChI is InChI=1S/C16H21ClFNO/c17-14-8-12(5-6-15(14)18)16-10-19-9-13(20-16)7-11-3-1-2-4-11/h5-6,8,11,13,16,19H,1-4,7,9-10H2. The average Bonchev–Trinajstić information content (AvgIpc) is 2.95. The second-order valence-corrected chi connectivity index (χ2v) is 6.37. The summed E-state index contributed by atoms with van der Waals surface area (Å²) in [6.45, 7) is 1.69. The lowest BCUT2D eigenvalue weighted by molar-refractivity contribution is -0.0489. The lowest BCUT2D eigenvalue weighted by Crippen LogP contribution is -2.41. The van der Waals surface area contributed by atoms with Gasteiger partial charge in [-0.1, -0.05) is 43.4 Å². The Morgan fingerprint density at radius 2 is 2.05 bits per heavy atom. The Hall–Kier alpha value is -0.640. The smallest absolute Gasteiger partial charge is 0.141 e. The van der Waals surface area contributed by atoms with Crippen molar-refractivity contribution in [2.45, 2.75) is 44.3 Å². The maximum atomic E-state index is 13.2. The van der Waals surface area contributed by atoms with E-state index >= 15 is 0 Å². The molecule has 20 heavy (non-hydrogen) atoms. The van der Waals surface area contributed by atoms with Gasteiger partial charge < -0.3 is 10.1 Å². The van der Waals surface area contributed by atoms with Gasteiger partial charge in [-0.2, -0.15) is 0 Å². The van der Waals surface area contributed by atoms with Crippen molar-refractivity contribution in [1.29, 1.82) is 0 Å². The van der Waals surface area contributed by atoms with Crippen LogP contribution in [0.1, 0.15) is 43.8 Å². The summed E-state index contributed by atoms with van der Waals surface area (Å²) in [5, 5.41) is 3.60. The molecule has 1 aromatic carbocycles. The van der Waals surface area contributed by atoms with Crippen molar-refractivity contribution in [2.24, 2.45) is 5.92 Å². The third kappa shape index (κ3) is 3.33. The summed E-state index contributed by atoms with van der Waals surface area (Å²) < 4.78 is 19.4. The Kier molecular flexibility index (Phi) is 4.59. The number of morpholine rings is 1. The minimum atomic E-state index is -0.373. The van der Waals surface area contributed by atoms with E-state index in [0.717, 1.165) is 31.0 Å². The van der Waals surface area contributed by atoms with E-state index in [9.17, 15) is 4.39 Å². The molecule has 1 aliphatic carbocycles. The second-order valence-electron chi connectivity index (χ2n) is 5.96. The first-order valence-electron chi connectivity index (χ1n) is 7.53. The van der Waals surface area contributed by atoms with E-state index in [1.165, 1.54) is 31.7 Å². The number of nitrogens with one attached hydrogen (secondary N) is 1. The van der Waals surface area contributed by atoms with Crippen LogP contribution >= 0.6 is 11.6 Å². The van der Waals surface area contributed by atoms with Gasteiger partial charge in [-0.3, -0.25) is 0 Å². The highest BCUT2D eigenvalue weighted by atomic mass is 35.5. The van der Waals surface area contributed by atoms with Gasteiger partial charge in [-0.15, -0.1) is 0 Å². The molecule has 2 atom stereocenters. The molecule has 3 rings (SSSR count). The van der Waals surface area contributed by atoms with Gasteiger partial charge in [0.05, 0.1) is 17.2 Å². The minimum Gasteiger partial charge on any atom is -0.368 e. The second kappa shape index (κ2) is 6.42. The molecule has 0 aromatic heterocycles. The molecule has 2 nitrogen and oxygen atoms in total. The van der Waals surface area contributed by atoms with Crippen LogP contribution in [0.25, 0.3) is 0 Å². The molecule has 0 spiro atoms. The van der Waals surface area contributed by atoms with Crippen LogP contribution in [-0.4, -0.2) is 19.2 Å². The lowest BCUT2D eigenvalue weighted by atomic mass is 9.98. The minimum absolute atomic E-state index is 0.0201. The summed E-state index contributed by atoms with van der Waals surface area (Å²) in [6, 6.07) is 4.87. The highest BCUT2D eigenvalue weighted by molar-refractivity contribution is 6.30. The summed E-state index contributed by atoms with van der Waals surface area (Å²) in [6.07, 6.45) is 6.79. The third-order valence-electron chi connectivity index (χ3n) is 4.44. The Morgan fingerprint density at radius 3 is 2.80 bits per heavy atom. The fourth-order valence-corrected chi connectivity index (χ4v) is 3.56. The van der Waals surface area contributed by atoms with Crippen LogP contribution in [-0.2, 0) is 4.74 Å². The van der Waals surface area contributed by atoms with Gasteiger partial charge in [-0.05, 0) is 30.0 Å². The SMILES string of the molecule is Fc1ccc(C2CNCC(CC3CCCC3)O2)cc1Cl. The van der Waals surface area contributed by atoms with Gasteiger partial charge in [0, 0.05) is 13.1 Å². The number of halogens is 2. The van der Waals surface area contributed by atoms with Crippen LogP contribution in [0.15, 0.2) is 18.2 Å². The van der Waals surface area contributed by atoms with Gasteiger partial charge >= 0.3 is 0 Å². The zero-order valence-corrected chi connectivity index (χ0v) is 12.3. The Labute approximate surface area is 124 Å². The van der Waals surface area contributed by atoms with Crippen LogP contribution in [0.2, 0.25) is 5.02 Å². The van der Waals surface area contributed by atoms with E-state index in [4.69, 9.17) is 16.3 Å². The van der Waals surface area contributed by atoms with E-state index in [0.29, 0.717) is 0 Å². The van der Waals surface area contributed by atoms with Gasteiger partial charge in [-0.25, -0.2) is 4.39 Å². The van der Waals surface area contributed by atoms with Crippen LogP contribution in [0, 0.1) is 11.7 Å². The molecule has 2 unspecified atom stereocenters. The lowest BCUT2D eigenvalue weighted by Gasteiger charge is -2.32. The number of hydrogen-bond donors (Lipinski definition) is 1. The van der Waals surface area contributed by atoms with Crippen LogP contribution in [0.4, 0.5) is 4.39 Å². The first-order chi connectivity index (χ1) is 9.72. The molecule has 1 saturated carbocycles. The molecule has 1 saturated heterocycles. The van der Waals surface area contributed by atoms with E-state index in [1.807, 2.05) is 0 Å². The van der Waals surface area contributed by atoms with Gasteiger partial charge in [0.2, 0.25) is 0 Å². The molecule has 2 fully saturated rings. The molecule has 110 valence electrons. The maximum absolute atomic E-state index is 13.2. The summed E-state index contributed by atoms with van der Waals surface area (Å²) >= 11 is 5.86. The summed E-state index contributed by atoms with van der Waals surface area (Å²) in [5.74, 6) is 0.444. The third-order valence-corrected chi connectivity index (χ3v) is 4.73. The monoisotopic (exact) mass is 297 g/mol. The number of hydrogen-bond acceptors (Lipinski definition) is 2. The highest BCUT2D eigenvalue weighted by Gasteiger charge is 2.27. The van der Waals surface area contributed by atoms with Crippen molar-refractivity contribution in [2.75, 3.05) is 13.1 Å². The Bertz CT molecular complexity index is 462. The summed E-state index contributed by atoms with van der Waals surface area (Å²) in [5.41, 5.74) is 0.958. The molecule has 1 aliphatic heterocycles. The topological polar surface area (TPSA) is 21.3 Å². The number of ether oxygens (including phenoxy) is 1. The molecule has 0 amide bonds. The van der Waals surface area contributed by atoms with Crippen molar-refractivity contribution in [3.05, 3.63) is 34.6 Å². The molecular weight excluding hydrogens is 277 g/mol. The van der Waals surface area contributed by atoms with Crippen molar-refractivity contribution in [3.8, 4) is 0 Å². The molecule has 1 aromatic rings. The van der Waals surface area contributed by atoms with E-state index in [-0.39, 0.29) is 23.0 Å². The molecule has 1 N–H and O–H groups in total. The Balaban J connectivity index is 1.63. The van der Waals surface area contributed by atoms with Crippen molar-refractivity contribution < 1.29 is 9.13 Å².